The average Bonchev–Trinajstić information content (AvgIpc) is 3.15. The van der Waals surface area contributed by atoms with Crippen molar-refractivity contribution < 1.29 is 18.4 Å². The van der Waals surface area contributed by atoms with Crippen LogP contribution < -0.4 is 11.1 Å². The highest BCUT2D eigenvalue weighted by Crippen LogP contribution is 2.26. The smallest absolute Gasteiger partial charge is 0.265 e. The van der Waals surface area contributed by atoms with Gasteiger partial charge in [-0.3, -0.25) is 14.9 Å². The topological polar surface area (TPSA) is 101 Å². The fourth-order valence-corrected chi connectivity index (χ4v) is 2.74. The second-order valence-corrected chi connectivity index (χ2v) is 5.61. The van der Waals surface area contributed by atoms with Gasteiger partial charge in [-0.25, -0.2) is 13.8 Å². The zero-order chi connectivity index (χ0) is 17.3. The van der Waals surface area contributed by atoms with E-state index in [1.807, 2.05) is 0 Å². The fourth-order valence-electron chi connectivity index (χ4n) is 2.02. The monoisotopic (exact) mass is 348 g/mol. The number of benzene rings is 1. The summed E-state index contributed by atoms with van der Waals surface area (Å²) in [4.78, 5) is 29.9. The largest absolute Gasteiger partial charge is 0.364 e. The van der Waals surface area contributed by atoms with E-state index in [-0.39, 0.29) is 10.8 Å². The minimum absolute atomic E-state index is 0.166. The Hall–Kier alpha value is -3.07. The maximum Gasteiger partial charge on any atom is 0.265 e. The van der Waals surface area contributed by atoms with Crippen molar-refractivity contribution in [1.29, 1.82) is 0 Å². The number of hydrogen-bond donors (Lipinski definition) is 3. The average molecular weight is 348 g/mol. The zero-order valence-corrected chi connectivity index (χ0v) is 12.8. The molecule has 3 aromatic rings. The lowest BCUT2D eigenvalue weighted by Gasteiger charge is -2.04. The van der Waals surface area contributed by atoms with E-state index in [0.29, 0.717) is 11.3 Å². The van der Waals surface area contributed by atoms with Crippen LogP contribution in [0.4, 0.5) is 13.9 Å². The third-order valence-corrected chi connectivity index (χ3v) is 3.92. The molecule has 6 nitrogen and oxygen atoms in total. The molecule has 122 valence electrons. The Labute approximate surface area is 138 Å². The Balaban J connectivity index is 1.81. The van der Waals surface area contributed by atoms with Crippen LogP contribution in [0.25, 0.3) is 11.3 Å². The number of halogens is 2. The van der Waals surface area contributed by atoms with Gasteiger partial charge in [-0.1, -0.05) is 6.07 Å². The van der Waals surface area contributed by atoms with E-state index >= 15 is 0 Å². The number of aromatic amines is 1. The van der Waals surface area contributed by atoms with Crippen LogP contribution in [0.2, 0.25) is 0 Å². The van der Waals surface area contributed by atoms with Gasteiger partial charge >= 0.3 is 0 Å². The number of carbonyl (C=O) groups is 2. The number of thiazole rings is 1. The number of aromatic nitrogens is 2. The van der Waals surface area contributed by atoms with E-state index in [4.69, 9.17) is 5.73 Å². The van der Waals surface area contributed by atoms with Gasteiger partial charge in [0.05, 0.1) is 5.69 Å². The van der Waals surface area contributed by atoms with Gasteiger partial charge in [-0.05, 0) is 18.2 Å². The van der Waals surface area contributed by atoms with Gasteiger partial charge in [0, 0.05) is 17.1 Å². The Morgan fingerprint density at radius 2 is 1.96 bits per heavy atom. The summed E-state index contributed by atoms with van der Waals surface area (Å²) in [6, 6.07) is 4.68. The standard InChI is InChI=1S/C15H10F2N4O2S/c16-8-2-1-3-9(17)12(8)14(23)21-15-20-11(6-24-15)7-4-10(13(18)22)19-5-7/h1-6,19H,(H2,18,22)(H,20,21,23). The summed E-state index contributed by atoms with van der Waals surface area (Å²) in [7, 11) is 0. The van der Waals surface area contributed by atoms with Gasteiger partial charge in [0.15, 0.2) is 5.13 Å². The number of H-pyrrole nitrogens is 1. The highest BCUT2D eigenvalue weighted by molar-refractivity contribution is 7.14. The molecule has 0 unspecified atom stereocenters. The number of hydrogen-bond acceptors (Lipinski definition) is 4. The molecule has 4 N–H and O–H groups in total. The van der Waals surface area contributed by atoms with Crippen LogP contribution in [-0.4, -0.2) is 21.8 Å². The third-order valence-electron chi connectivity index (χ3n) is 3.16. The first kappa shape index (κ1) is 15.8. The maximum atomic E-state index is 13.6. The number of rotatable bonds is 4. The summed E-state index contributed by atoms with van der Waals surface area (Å²) < 4.78 is 27.2. The van der Waals surface area contributed by atoms with Crippen molar-refractivity contribution in [2.45, 2.75) is 0 Å². The molecule has 0 aliphatic rings. The van der Waals surface area contributed by atoms with Crippen molar-refractivity contribution in [3.63, 3.8) is 0 Å². The molecule has 0 saturated carbocycles. The molecule has 9 heteroatoms. The zero-order valence-electron chi connectivity index (χ0n) is 12.0. The summed E-state index contributed by atoms with van der Waals surface area (Å²) in [5, 5.41) is 4.14. The van der Waals surface area contributed by atoms with Crippen molar-refractivity contribution in [1.82, 2.24) is 9.97 Å². The fraction of sp³-hybridized carbons (Fsp3) is 0. The first-order valence-electron chi connectivity index (χ1n) is 6.65. The molecular weight excluding hydrogens is 338 g/mol. The molecule has 0 radical (unpaired) electrons. The van der Waals surface area contributed by atoms with Gasteiger partial charge in [0.2, 0.25) is 0 Å². The number of amides is 2. The molecule has 0 spiro atoms. The number of nitrogens with two attached hydrogens (primary N) is 1. The Bertz CT molecular complexity index is 915. The molecule has 0 aliphatic carbocycles. The second kappa shape index (κ2) is 6.20. The highest BCUT2D eigenvalue weighted by Gasteiger charge is 2.18. The Morgan fingerprint density at radius 1 is 1.25 bits per heavy atom. The van der Waals surface area contributed by atoms with Gasteiger partial charge in [0.1, 0.15) is 22.9 Å². The number of carbonyl (C=O) groups excluding carboxylic acids is 2. The van der Waals surface area contributed by atoms with E-state index < -0.39 is 29.0 Å². The van der Waals surface area contributed by atoms with Crippen molar-refractivity contribution >= 4 is 28.3 Å². The first-order valence-corrected chi connectivity index (χ1v) is 7.53. The van der Waals surface area contributed by atoms with Crippen molar-refractivity contribution in [2.75, 3.05) is 5.32 Å². The van der Waals surface area contributed by atoms with Crippen LogP contribution in [0.15, 0.2) is 35.8 Å². The molecular formula is C15H10F2N4O2S. The number of anilines is 1. The van der Waals surface area contributed by atoms with Gasteiger partial charge in [0.25, 0.3) is 11.8 Å². The molecule has 24 heavy (non-hydrogen) atoms. The lowest BCUT2D eigenvalue weighted by molar-refractivity contribution is 0.0993. The van der Waals surface area contributed by atoms with Gasteiger partial charge < -0.3 is 10.7 Å². The Morgan fingerprint density at radius 3 is 2.58 bits per heavy atom. The van der Waals surface area contributed by atoms with E-state index in [2.05, 4.69) is 15.3 Å². The van der Waals surface area contributed by atoms with Crippen LogP contribution in [0, 0.1) is 11.6 Å². The predicted octanol–water partition coefficient (Wildman–Crippen LogP) is 2.77. The lowest BCUT2D eigenvalue weighted by atomic mass is 10.2. The van der Waals surface area contributed by atoms with Crippen molar-refractivity contribution in [3.05, 3.63) is 58.7 Å². The van der Waals surface area contributed by atoms with E-state index in [1.165, 1.54) is 18.3 Å². The van der Waals surface area contributed by atoms with Crippen LogP contribution in [-0.2, 0) is 0 Å². The van der Waals surface area contributed by atoms with Crippen LogP contribution >= 0.6 is 11.3 Å². The van der Waals surface area contributed by atoms with Crippen molar-refractivity contribution in [2.24, 2.45) is 5.73 Å². The van der Waals surface area contributed by atoms with Crippen molar-refractivity contribution in [3.8, 4) is 11.3 Å². The van der Waals surface area contributed by atoms with E-state index in [9.17, 15) is 18.4 Å². The molecule has 1 aromatic carbocycles. The number of nitrogens with one attached hydrogen (secondary N) is 2. The molecule has 0 aliphatic heterocycles. The van der Waals surface area contributed by atoms with Gasteiger partial charge in [-0.15, -0.1) is 11.3 Å². The normalized spacial score (nSPS) is 10.6. The van der Waals surface area contributed by atoms with E-state index in [1.54, 1.807) is 5.38 Å². The maximum absolute atomic E-state index is 13.6. The van der Waals surface area contributed by atoms with E-state index in [0.717, 1.165) is 23.5 Å². The number of nitrogens with zero attached hydrogens (tertiary/aromatic N) is 1. The summed E-state index contributed by atoms with van der Waals surface area (Å²) >= 11 is 1.08. The molecule has 0 atom stereocenters. The molecule has 2 heterocycles. The van der Waals surface area contributed by atoms with Crippen LogP contribution in [0.3, 0.4) is 0 Å². The summed E-state index contributed by atoms with van der Waals surface area (Å²) in [5.41, 5.74) is 5.77. The molecule has 0 saturated heterocycles. The first-order chi connectivity index (χ1) is 11.5. The molecule has 2 aromatic heterocycles. The predicted molar refractivity (Wildman–Crippen MR) is 84.7 cm³/mol. The Kier molecular flexibility index (Phi) is 4.09. The third kappa shape index (κ3) is 3.01. The minimum Gasteiger partial charge on any atom is -0.364 e. The lowest BCUT2D eigenvalue weighted by Crippen LogP contribution is -2.15. The summed E-state index contributed by atoms with van der Waals surface area (Å²) in [6.07, 6.45) is 1.54. The summed E-state index contributed by atoms with van der Waals surface area (Å²) in [6.45, 7) is 0. The van der Waals surface area contributed by atoms with Crippen LogP contribution in [0.5, 0.6) is 0 Å². The van der Waals surface area contributed by atoms with Crippen LogP contribution in [0.1, 0.15) is 20.8 Å². The molecule has 0 fully saturated rings. The molecule has 3 rings (SSSR count). The quantitative estimate of drug-likeness (QED) is 0.676. The minimum atomic E-state index is -0.957. The molecule has 2 amide bonds. The SMILES string of the molecule is NC(=O)c1cc(-c2csc(NC(=O)c3c(F)cccc3F)n2)c[nH]1. The highest BCUT2D eigenvalue weighted by atomic mass is 32.1. The molecule has 0 bridgehead atoms. The number of primary amides is 1. The second-order valence-electron chi connectivity index (χ2n) is 4.75. The summed E-state index contributed by atoms with van der Waals surface area (Å²) in [5.74, 6) is -3.46. The van der Waals surface area contributed by atoms with Gasteiger partial charge in [-0.2, -0.15) is 0 Å².